The second-order valence-corrected chi connectivity index (χ2v) is 11.9. The summed E-state index contributed by atoms with van der Waals surface area (Å²) in [6.07, 6.45) is 1.52. The SMILES string of the molecule is CCCC(c1ccc(C(=O)NCCC(=O)O)cc1)C(C(=O)N1Cc2ccc(-c3ccc(C)cc3)cc2C1)c1ccc(Cl)cc1. The number of hydrogen-bond donors (Lipinski definition) is 2. The molecule has 0 saturated carbocycles. The van der Waals surface area contributed by atoms with Crippen molar-refractivity contribution in [1.82, 2.24) is 10.2 Å². The van der Waals surface area contributed by atoms with Gasteiger partial charge in [-0.1, -0.05) is 91.2 Å². The predicted molar refractivity (Wildman–Crippen MR) is 174 cm³/mol. The largest absolute Gasteiger partial charge is 0.481 e. The van der Waals surface area contributed by atoms with Crippen molar-refractivity contribution in [1.29, 1.82) is 0 Å². The van der Waals surface area contributed by atoms with Gasteiger partial charge in [0.05, 0.1) is 12.3 Å². The number of carbonyl (C=O) groups is 3. The van der Waals surface area contributed by atoms with E-state index in [1.807, 2.05) is 41.3 Å². The van der Waals surface area contributed by atoms with Gasteiger partial charge in [0.25, 0.3) is 5.91 Å². The van der Waals surface area contributed by atoms with E-state index in [9.17, 15) is 14.4 Å². The van der Waals surface area contributed by atoms with Crippen molar-refractivity contribution in [3.8, 4) is 11.1 Å². The van der Waals surface area contributed by atoms with Crippen molar-refractivity contribution in [3.05, 3.63) is 129 Å². The van der Waals surface area contributed by atoms with Crippen LogP contribution in [0, 0.1) is 6.92 Å². The van der Waals surface area contributed by atoms with E-state index in [2.05, 4.69) is 61.6 Å². The van der Waals surface area contributed by atoms with Crippen LogP contribution in [0.25, 0.3) is 11.1 Å². The summed E-state index contributed by atoms with van der Waals surface area (Å²) in [5.41, 5.74) is 8.17. The molecule has 0 radical (unpaired) electrons. The maximum Gasteiger partial charge on any atom is 0.305 e. The van der Waals surface area contributed by atoms with E-state index in [0.717, 1.165) is 46.2 Å². The fourth-order valence-corrected chi connectivity index (χ4v) is 6.12. The third-order valence-electron chi connectivity index (χ3n) is 8.35. The van der Waals surface area contributed by atoms with Crippen LogP contribution in [0.3, 0.4) is 0 Å². The normalized spacial score (nSPS) is 13.7. The molecule has 0 aliphatic carbocycles. The molecule has 0 fully saturated rings. The van der Waals surface area contributed by atoms with Crippen LogP contribution in [0.15, 0.2) is 91.0 Å². The Kier molecular flexibility index (Phi) is 9.81. The number of halogens is 1. The smallest absolute Gasteiger partial charge is 0.305 e. The van der Waals surface area contributed by atoms with Crippen LogP contribution in [-0.4, -0.2) is 34.3 Å². The highest BCUT2D eigenvalue weighted by molar-refractivity contribution is 6.30. The average Bonchev–Trinajstić information content (AvgIpc) is 3.45. The van der Waals surface area contributed by atoms with Crippen molar-refractivity contribution >= 4 is 29.4 Å². The summed E-state index contributed by atoms with van der Waals surface area (Å²) in [6.45, 7) is 5.35. The Morgan fingerprint density at radius 1 is 0.841 bits per heavy atom. The van der Waals surface area contributed by atoms with Crippen LogP contribution in [0.5, 0.6) is 0 Å². The van der Waals surface area contributed by atoms with Crippen molar-refractivity contribution in [2.45, 2.75) is 58.0 Å². The van der Waals surface area contributed by atoms with Crippen LogP contribution >= 0.6 is 11.6 Å². The molecule has 2 atom stereocenters. The number of benzene rings is 4. The highest BCUT2D eigenvalue weighted by Gasteiger charge is 2.36. The van der Waals surface area contributed by atoms with Crippen molar-refractivity contribution in [2.75, 3.05) is 6.54 Å². The Balaban J connectivity index is 1.41. The van der Waals surface area contributed by atoms with Gasteiger partial charge in [0.1, 0.15) is 0 Å². The van der Waals surface area contributed by atoms with Gasteiger partial charge in [0.2, 0.25) is 5.91 Å². The zero-order valence-electron chi connectivity index (χ0n) is 25.1. The lowest BCUT2D eigenvalue weighted by Gasteiger charge is -2.31. The van der Waals surface area contributed by atoms with Gasteiger partial charge in [-0.25, -0.2) is 0 Å². The molecule has 0 aromatic heterocycles. The molecule has 4 aromatic rings. The zero-order valence-corrected chi connectivity index (χ0v) is 25.8. The molecule has 7 heteroatoms. The second kappa shape index (κ2) is 13.9. The molecule has 2 unspecified atom stereocenters. The summed E-state index contributed by atoms with van der Waals surface area (Å²) < 4.78 is 0. The third-order valence-corrected chi connectivity index (χ3v) is 8.60. The number of nitrogens with zero attached hydrogens (tertiary/aromatic N) is 1. The first-order chi connectivity index (χ1) is 21.2. The highest BCUT2D eigenvalue weighted by Crippen LogP contribution is 2.40. The van der Waals surface area contributed by atoms with Crippen molar-refractivity contribution in [3.63, 3.8) is 0 Å². The fraction of sp³-hybridized carbons (Fsp3) is 0.270. The molecule has 2 amide bonds. The van der Waals surface area contributed by atoms with E-state index in [0.29, 0.717) is 23.7 Å². The van der Waals surface area contributed by atoms with E-state index < -0.39 is 11.9 Å². The van der Waals surface area contributed by atoms with Gasteiger partial charge in [-0.3, -0.25) is 14.4 Å². The number of rotatable bonds is 11. The predicted octanol–water partition coefficient (Wildman–Crippen LogP) is 7.73. The number of aryl methyl sites for hydroxylation is 1. The Morgan fingerprint density at radius 2 is 1.48 bits per heavy atom. The first kappa shape index (κ1) is 31.0. The van der Waals surface area contributed by atoms with E-state index in [1.54, 1.807) is 12.1 Å². The molecular formula is C37H37ClN2O4. The Morgan fingerprint density at radius 3 is 2.14 bits per heavy atom. The monoisotopic (exact) mass is 608 g/mol. The van der Waals surface area contributed by atoms with E-state index in [4.69, 9.17) is 16.7 Å². The lowest BCUT2D eigenvalue weighted by atomic mass is 9.77. The number of carbonyl (C=O) groups excluding carboxylic acids is 2. The van der Waals surface area contributed by atoms with Gasteiger partial charge in [0.15, 0.2) is 0 Å². The molecule has 0 saturated heterocycles. The summed E-state index contributed by atoms with van der Waals surface area (Å²) >= 11 is 6.25. The Hall–Kier alpha value is -4.42. The number of carboxylic acids is 1. The van der Waals surface area contributed by atoms with Gasteiger partial charge in [-0.15, -0.1) is 0 Å². The zero-order chi connectivity index (χ0) is 31.2. The highest BCUT2D eigenvalue weighted by atomic mass is 35.5. The summed E-state index contributed by atoms with van der Waals surface area (Å²) in [4.78, 5) is 39.8. The van der Waals surface area contributed by atoms with Gasteiger partial charge in [-0.05, 0) is 83.0 Å². The number of amides is 2. The summed E-state index contributed by atoms with van der Waals surface area (Å²) in [6, 6.07) is 29.8. The van der Waals surface area contributed by atoms with Crippen LogP contribution < -0.4 is 5.32 Å². The second-order valence-electron chi connectivity index (χ2n) is 11.5. The van der Waals surface area contributed by atoms with Gasteiger partial charge in [-0.2, -0.15) is 0 Å². The molecule has 6 nitrogen and oxygen atoms in total. The fourth-order valence-electron chi connectivity index (χ4n) is 5.99. The molecule has 4 aromatic carbocycles. The summed E-state index contributed by atoms with van der Waals surface area (Å²) in [5.74, 6) is -1.78. The standard InChI is InChI=1S/C37H37ClN2O4/c1-3-4-33(26-9-11-28(12-10-26)36(43)39-20-19-34(41)42)35(27-15-17-32(38)18-16-27)37(44)40-22-30-14-13-29(21-31(30)23-40)25-7-5-24(2)6-8-25/h5-18,21,33,35H,3-4,19-20,22-23H2,1-2H3,(H,39,43)(H,41,42). The molecule has 5 rings (SSSR count). The Labute approximate surface area is 263 Å². The number of aliphatic carboxylic acids is 1. The minimum absolute atomic E-state index is 0.0618. The number of nitrogens with one attached hydrogen (secondary N) is 1. The minimum Gasteiger partial charge on any atom is -0.481 e. The number of hydrogen-bond acceptors (Lipinski definition) is 3. The van der Waals surface area contributed by atoms with E-state index in [1.165, 1.54) is 5.56 Å². The number of carboxylic acid groups (broad SMARTS) is 1. The number of fused-ring (bicyclic) bond motifs is 1. The van der Waals surface area contributed by atoms with E-state index >= 15 is 0 Å². The molecule has 0 spiro atoms. The summed E-state index contributed by atoms with van der Waals surface area (Å²) in [5, 5.41) is 12.1. The average molecular weight is 609 g/mol. The van der Waals surface area contributed by atoms with Gasteiger partial charge >= 0.3 is 5.97 Å². The molecule has 2 N–H and O–H groups in total. The topological polar surface area (TPSA) is 86.7 Å². The first-order valence-corrected chi connectivity index (χ1v) is 15.4. The molecule has 0 bridgehead atoms. The van der Waals surface area contributed by atoms with Gasteiger partial charge < -0.3 is 15.3 Å². The molecular weight excluding hydrogens is 572 g/mol. The lowest BCUT2D eigenvalue weighted by Crippen LogP contribution is -2.34. The first-order valence-electron chi connectivity index (χ1n) is 15.1. The third kappa shape index (κ3) is 7.20. The quantitative estimate of drug-likeness (QED) is 0.182. The molecule has 1 aliphatic rings. The molecule has 44 heavy (non-hydrogen) atoms. The maximum atomic E-state index is 14.5. The van der Waals surface area contributed by atoms with Crippen LogP contribution in [-0.2, 0) is 22.7 Å². The molecule has 1 heterocycles. The van der Waals surface area contributed by atoms with E-state index in [-0.39, 0.29) is 30.7 Å². The Bertz CT molecular complexity index is 1630. The van der Waals surface area contributed by atoms with Crippen LogP contribution in [0.1, 0.15) is 76.2 Å². The van der Waals surface area contributed by atoms with Crippen LogP contribution in [0.2, 0.25) is 5.02 Å². The molecule has 226 valence electrons. The molecule has 1 aliphatic heterocycles. The van der Waals surface area contributed by atoms with Gasteiger partial charge in [0, 0.05) is 30.2 Å². The lowest BCUT2D eigenvalue weighted by molar-refractivity contribution is -0.137. The van der Waals surface area contributed by atoms with Crippen LogP contribution in [0.4, 0.5) is 0 Å². The minimum atomic E-state index is -0.964. The van der Waals surface area contributed by atoms with Crippen molar-refractivity contribution < 1.29 is 19.5 Å². The maximum absolute atomic E-state index is 14.5. The van der Waals surface area contributed by atoms with Crippen molar-refractivity contribution in [2.24, 2.45) is 0 Å². The summed E-state index contributed by atoms with van der Waals surface area (Å²) in [7, 11) is 0.